The lowest BCUT2D eigenvalue weighted by Gasteiger charge is -2.10. The van der Waals surface area contributed by atoms with Crippen LogP contribution in [0.4, 0.5) is 9.18 Å². The van der Waals surface area contributed by atoms with Crippen molar-refractivity contribution in [3.63, 3.8) is 0 Å². The third kappa shape index (κ3) is 4.50. The average molecular weight is 240 g/mol. The van der Waals surface area contributed by atoms with Gasteiger partial charge in [-0.3, -0.25) is 4.79 Å². The summed E-state index contributed by atoms with van der Waals surface area (Å²) >= 11 is 0. The zero-order chi connectivity index (χ0) is 12.8. The first kappa shape index (κ1) is 13.0. The molecule has 1 rings (SSSR count). The Morgan fingerprint density at radius 3 is 2.76 bits per heavy atom. The van der Waals surface area contributed by atoms with Gasteiger partial charge in [0.25, 0.3) is 0 Å². The number of halogens is 1. The van der Waals surface area contributed by atoms with Gasteiger partial charge < -0.3 is 15.7 Å². The topological polar surface area (TPSA) is 78.4 Å². The van der Waals surface area contributed by atoms with Crippen molar-refractivity contribution in [2.75, 3.05) is 0 Å². The summed E-state index contributed by atoms with van der Waals surface area (Å²) in [6, 6.07) is 4.21. The molecule has 1 aromatic rings. The minimum absolute atomic E-state index is 0.135. The fourth-order valence-electron chi connectivity index (χ4n) is 1.14. The van der Waals surface area contributed by atoms with Gasteiger partial charge in [0, 0.05) is 6.54 Å². The highest BCUT2D eigenvalue weighted by Crippen LogP contribution is 2.02. The molecule has 3 N–H and O–H groups in total. The van der Waals surface area contributed by atoms with E-state index < -0.39 is 18.0 Å². The van der Waals surface area contributed by atoms with Gasteiger partial charge in [-0.15, -0.1) is 0 Å². The molecule has 5 nitrogen and oxygen atoms in total. The molecular formula is C11H13FN2O3. The summed E-state index contributed by atoms with van der Waals surface area (Å²) in [6.45, 7) is 1.49. The Kier molecular flexibility index (Phi) is 4.45. The largest absolute Gasteiger partial charge is 0.480 e. The maximum Gasteiger partial charge on any atom is 0.325 e. The molecule has 0 saturated heterocycles. The van der Waals surface area contributed by atoms with Crippen molar-refractivity contribution in [2.45, 2.75) is 19.5 Å². The molecule has 6 heteroatoms. The molecule has 0 spiro atoms. The summed E-state index contributed by atoms with van der Waals surface area (Å²) in [4.78, 5) is 21.7. The molecule has 2 amide bonds. The molecule has 0 heterocycles. The van der Waals surface area contributed by atoms with Crippen molar-refractivity contribution >= 4 is 12.0 Å². The maximum absolute atomic E-state index is 12.8. The van der Waals surface area contributed by atoms with Crippen LogP contribution in [0.1, 0.15) is 12.5 Å². The lowest BCUT2D eigenvalue weighted by molar-refractivity contribution is -0.138. The van der Waals surface area contributed by atoms with E-state index in [2.05, 4.69) is 10.6 Å². The highest BCUT2D eigenvalue weighted by Gasteiger charge is 2.13. The third-order valence-corrected chi connectivity index (χ3v) is 2.06. The van der Waals surface area contributed by atoms with Crippen LogP contribution in [0.5, 0.6) is 0 Å². The normalized spacial score (nSPS) is 11.6. The van der Waals surface area contributed by atoms with Gasteiger partial charge in [0.15, 0.2) is 0 Å². The minimum Gasteiger partial charge on any atom is -0.480 e. The van der Waals surface area contributed by atoms with E-state index in [4.69, 9.17) is 5.11 Å². The van der Waals surface area contributed by atoms with Crippen molar-refractivity contribution in [1.29, 1.82) is 0 Å². The zero-order valence-electron chi connectivity index (χ0n) is 9.24. The predicted octanol–water partition coefficient (Wildman–Crippen LogP) is 1.10. The van der Waals surface area contributed by atoms with E-state index >= 15 is 0 Å². The minimum atomic E-state index is -1.12. The summed E-state index contributed by atoms with van der Waals surface area (Å²) in [6.07, 6.45) is 0. The Balaban J connectivity index is 2.41. The van der Waals surface area contributed by atoms with E-state index in [0.717, 1.165) is 0 Å². The van der Waals surface area contributed by atoms with Crippen LogP contribution >= 0.6 is 0 Å². The summed E-state index contributed by atoms with van der Waals surface area (Å²) < 4.78 is 12.8. The number of carbonyl (C=O) groups excluding carboxylic acids is 1. The quantitative estimate of drug-likeness (QED) is 0.737. The van der Waals surface area contributed by atoms with Crippen LogP contribution in [0.15, 0.2) is 24.3 Å². The standard InChI is InChI=1S/C11H13FN2O3/c1-7(10(15)16)14-11(17)13-6-8-3-2-4-9(12)5-8/h2-5,7H,6H2,1H3,(H,15,16)(H2,13,14,17)/t7-/m1/s1. The molecule has 0 aromatic heterocycles. The molecule has 0 bridgehead atoms. The Labute approximate surface area is 97.6 Å². The van der Waals surface area contributed by atoms with Crippen molar-refractivity contribution in [3.05, 3.63) is 35.6 Å². The number of amides is 2. The number of nitrogens with one attached hydrogen (secondary N) is 2. The third-order valence-electron chi connectivity index (χ3n) is 2.06. The number of urea groups is 1. The summed E-state index contributed by atoms with van der Waals surface area (Å²) in [5.74, 6) is -1.51. The smallest absolute Gasteiger partial charge is 0.325 e. The fraction of sp³-hybridized carbons (Fsp3) is 0.273. The Bertz CT molecular complexity index is 423. The second-order valence-electron chi connectivity index (χ2n) is 3.52. The van der Waals surface area contributed by atoms with Crippen LogP contribution < -0.4 is 10.6 Å². The van der Waals surface area contributed by atoms with E-state index in [0.29, 0.717) is 5.56 Å². The Hall–Kier alpha value is -2.11. The van der Waals surface area contributed by atoms with Crippen molar-refractivity contribution in [2.24, 2.45) is 0 Å². The van der Waals surface area contributed by atoms with Crippen LogP contribution in [0.25, 0.3) is 0 Å². The maximum atomic E-state index is 12.8. The van der Waals surface area contributed by atoms with E-state index in [1.807, 2.05) is 0 Å². The first-order chi connectivity index (χ1) is 7.99. The monoisotopic (exact) mass is 240 g/mol. The molecule has 1 atom stereocenters. The average Bonchev–Trinajstić information content (AvgIpc) is 2.26. The highest BCUT2D eigenvalue weighted by atomic mass is 19.1. The first-order valence-electron chi connectivity index (χ1n) is 5.00. The predicted molar refractivity (Wildman–Crippen MR) is 58.9 cm³/mol. The van der Waals surface area contributed by atoms with Gasteiger partial charge in [-0.2, -0.15) is 0 Å². The number of rotatable bonds is 4. The van der Waals surface area contributed by atoms with Crippen LogP contribution in [0, 0.1) is 5.82 Å². The van der Waals surface area contributed by atoms with Crippen LogP contribution in [0.3, 0.4) is 0 Å². The molecule has 0 fully saturated rings. The second-order valence-corrected chi connectivity index (χ2v) is 3.52. The summed E-state index contributed by atoms with van der Waals surface area (Å²) in [5.41, 5.74) is 0.600. The molecule has 0 radical (unpaired) electrons. The number of aliphatic carboxylic acids is 1. The van der Waals surface area contributed by atoms with Gasteiger partial charge in [0.05, 0.1) is 0 Å². The molecule has 0 unspecified atom stereocenters. The molecule has 0 saturated carbocycles. The summed E-state index contributed by atoms with van der Waals surface area (Å²) in [7, 11) is 0. The van der Waals surface area contributed by atoms with Gasteiger partial charge in [-0.05, 0) is 24.6 Å². The van der Waals surface area contributed by atoms with Gasteiger partial charge >= 0.3 is 12.0 Å². The number of carbonyl (C=O) groups is 2. The SMILES string of the molecule is C[C@@H](NC(=O)NCc1cccc(F)c1)C(=O)O. The van der Waals surface area contributed by atoms with Gasteiger partial charge in [0.1, 0.15) is 11.9 Å². The number of hydrogen-bond acceptors (Lipinski definition) is 2. The molecule has 0 aliphatic heterocycles. The van der Waals surface area contributed by atoms with Crippen molar-refractivity contribution < 1.29 is 19.1 Å². The van der Waals surface area contributed by atoms with Gasteiger partial charge in [-0.25, -0.2) is 9.18 Å². The molecule has 0 aliphatic carbocycles. The van der Waals surface area contributed by atoms with Gasteiger partial charge in [-0.1, -0.05) is 12.1 Å². The lowest BCUT2D eigenvalue weighted by Crippen LogP contribution is -2.44. The molecule has 17 heavy (non-hydrogen) atoms. The van der Waals surface area contributed by atoms with Crippen molar-refractivity contribution in [3.8, 4) is 0 Å². The molecular weight excluding hydrogens is 227 g/mol. The van der Waals surface area contributed by atoms with E-state index in [9.17, 15) is 14.0 Å². The number of carboxylic acid groups (broad SMARTS) is 1. The first-order valence-corrected chi connectivity index (χ1v) is 5.00. The van der Waals surface area contributed by atoms with Crippen molar-refractivity contribution in [1.82, 2.24) is 10.6 Å². The van der Waals surface area contributed by atoms with E-state index in [-0.39, 0.29) is 12.4 Å². The fourth-order valence-corrected chi connectivity index (χ4v) is 1.14. The van der Waals surface area contributed by atoms with Crippen LogP contribution in [0.2, 0.25) is 0 Å². The Morgan fingerprint density at radius 1 is 1.47 bits per heavy atom. The number of carboxylic acids is 1. The number of hydrogen-bond donors (Lipinski definition) is 3. The van der Waals surface area contributed by atoms with Crippen LogP contribution in [-0.2, 0) is 11.3 Å². The summed E-state index contributed by atoms with van der Waals surface area (Å²) in [5, 5.41) is 13.2. The second kappa shape index (κ2) is 5.83. The highest BCUT2D eigenvalue weighted by molar-refractivity contribution is 5.82. The molecule has 92 valence electrons. The lowest BCUT2D eigenvalue weighted by atomic mass is 10.2. The molecule has 1 aromatic carbocycles. The van der Waals surface area contributed by atoms with Crippen LogP contribution in [-0.4, -0.2) is 23.1 Å². The Morgan fingerprint density at radius 2 is 2.18 bits per heavy atom. The van der Waals surface area contributed by atoms with E-state index in [1.165, 1.54) is 25.1 Å². The molecule has 0 aliphatic rings. The van der Waals surface area contributed by atoms with E-state index in [1.54, 1.807) is 6.07 Å². The number of benzene rings is 1. The zero-order valence-corrected chi connectivity index (χ0v) is 9.24. The van der Waals surface area contributed by atoms with Gasteiger partial charge in [0.2, 0.25) is 0 Å².